The molecule has 46 heavy (non-hydrogen) atoms. The molecule has 4 aromatic rings. The van der Waals surface area contributed by atoms with E-state index in [9.17, 15) is 4.79 Å². The summed E-state index contributed by atoms with van der Waals surface area (Å²) in [6.45, 7) is 10.4. The van der Waals surface area contributed by atoms with Gasteiger partial charge in [-0.1, -0.05) is 17.7 Å². The van der Waals surface area contributed by atoms with Crippen molar-refractivity contribution in [2.45, 2.75) is 40.3 Å². The van der Waals surface area contributed by atoms with Crippen LogP contribution in [0.15, 0.2) is 60.8 Å². The van der Waals surface area contributed by atoms with Crippen molar-refractivity contribution in [1.29, 1.82) is 0 Å². The average Bonchev–Trinajstić information content (AvgIpc) is 3.03. The van der Waals surface area contributed by atoms with Crippen molar-refractivity contribution < 1.29 is 23.4 Å². The van der Waals surface area contributed by atoms with Gasteiger partial charge in [-0.2, -0.15) is 4.98 Å². The van der Waals surface area contributed by atoms with Gasteiger partial charge in [0.05, 0.1) is 26.5 Å². The molecule has 1 atom stereocenters. The van der Waals surface area contributed by atoms with E-state index in [-0.39, 0.29) is 24.1 Å². The van der Waals surface area contributed by atoms with Crippen LogP contribution in [-0.2, 0) is 6.54 Å². The number of piperazine rings is 1. The lowest BCUT2D eigenvalue weighted by molar-refractivity contribution is 0.206. The Morgan fingerprint density at radius 1 is 1.02 bits per heavy atom. The molecule has 5 rings (SSSR count). The molecule has 1 aliphatic heterocycles. The molecule has 1 fully saturated rings. The van der Waals surface area contributed by atoms with Crippen molar-refractivity contribution in [1.82, 2.24) is 14.9 Å². The largest absolute Gasteiger partial charge is 0.497 e. The van der Waals surface area contributed by atoms with E-state index >= 15 is 4.39 Å². The van der Waals surface area contributed by atoms with Crippen LogP contribution in [0.3, 0.4) is 0 Å². The normalized spacial score (nSPS) is 15.0. The van der Waals surface area contributed by atoms with Crippen molar-refractivity contribution >= 4 is 29.2 Å². The minimum absolute atomic E-state index is 0.0619. The number of aryl methyl sites for hydroxylation is 3. The third kappa shape index (κ3) is 7.31. The van der Waals surface area contributed by atoms with E-state index in [1.165, 1.54) is 17.2 Å². The van der Waals surface area contributed by atoms with Crippen LogP contribution in [0.1, 0.15) is 29.2 Å². The van der Waals surface area contributed by atoms with Crippen LogP contribution in [0.2, 0.25) is 0 Å². The van der Waals surface area contributed by atoms with Gasteiger partial charge in [0.25, 0.3) is 0 Å². The third-order valence-electron chi connectivity index (χ3n) is 8.25. The number of anilines is 4. The van der Waals surface area contributed by atoms with Crippen LogP contribution in [-0.4, -0.2) is 67.9 Å². The Bertz CT molecular complexity index is 1690. The number of methoxy groups -OCH3 is 2. The topological polar surface area (TPSA) is 92.3 Å². The van der Waals surface area contributed by atoms with E-state index in [4.69, 9.17) is 14.2 Å². The lowest BCUT2D eigenvalue weighted by Gasteiger charge is -2.39. The van der Waals surface area contributed by atoms with Gasteiger partial charge >= 0.3 is 6.09 Å². The molecule has 1 aliphatic rings. The maximum atomic E-state index is 15.3. The zero-order valence-electron chi connectivity index (χ0n) is 27.4. The van der Waals surface area contributed by atoms with Crippen LogP contribution in [0.5, 0.6) is 17.2 Å². The summed E-state index contributed by atoms with van der Waals surface area (Å²) < 4.78 is 32.3. The minimum atomic E-state index is -0.638. The zero-order chi connectivity index (χ0) is 33.0. The number of nitrogens with zero attached hydrogens (tertiary/aromatic N) is 5. The lowest BCUT2D eigenvalue weighted by Crippen LogP contribution is -2.50. The van der Waals surface area contributed by atoms with Crippen molar-refractivity contribution in [2.75, 3.05) is 56.0 Å². The SMILES string of the molecule is COc1ccc(OC)c(CN(C(=O)Oc2c(C)cc(C)cc2C)c2ccnc(Nc3ccc(N4CCN(C)C(C)C4)c(F)c3)n2)c1. The van der Waals surface area contributed by atoms with Crippen LogP contribution in [0, 0.1) is 26.6 Å². The van der Waals surface area contributed by atoms with Gasteiger partial charge in [-0.15, -0.1) is 0 Å². The molecule has 1 aromatic heterocycles. The van der Waals surface area contributed by atoms with Gasteiger partial charge in [0.2, 0.25) is 5.95 Å². The first-order valence-corrected chi connectivity index (χ1v) is 15.2. The van der Waals surface area contributed by atoms with Crippen LogP contribution in [0.4, 0.5) is 32.3 Å². The number of benzene rings is 3. The smallest absolute Gasteiger partial charge is 0.421 e. The summed E-state index contributed by atoms with van der Waals surface area (Å²) in [5, 5.41) is 3.09. The Morgan fingerprint density at radius 2 is 1.78 bits per heavy atom. The van der Waals surface area contributed by atoms with E-state index in [1.807, 2.05) is 32.9 Å². The zero-order valence-corrected chi connectivity index (χ0v) is 27.4. The number of amides is 1. The van der Waals surface area contributed by atoms with E-state index in [0.29, 0.717) is 40.2 Å². The molecule has 0 saturated carbocycles. The molecule has 0 aliphatic carbocycles. The fourth-order valence-electron chi connectivity index (χ4n) is 5.68. The first-order valence-electron chi connectivity index (χ1n) is 15.2. The second-order valence-electron chi connectivity index (χ2n) is 11.7. The number of likely N-dealkylation sites (N-methyl/N-ethyl adjacent to an activating group) is 1. The van der Waals surface area contributed by atoms with Crippen LogP contribution in [0.25, 0.3) is 0 Å². The summed E-state index contributed by atoms with van der Waals surface area (Å²) in [5.41, 5.74) is 4.47. The molecule has 1 unspecified atom stereocenters. The molecular formula is C35H41FN6O4. The fourth-order valence-corrected chi connectivity index (χ4v) is 5.68. The number of carbonyl (C=O) groups excluding carboxylic acids is 1. The molecule has 11 heteroatoms. The maximum Gasteiger partial charge on any atom is 0.421 e. The van der Waals surface area contributed by atoms with Crippen molar-refractivity contribution in [3.63, 3.8) is 0 Å². The quantitative estimate of drug-likeness (QED) is 0.219. The second-order valence-corrected chi connectivity index (χ2v) is 11.7. The van der Waals surface area contributed by atoms with Gasteiger partial charge < -0.3 is 29.3 Å². The molecule has 0 radical (unpaired) electrons. The molecule has 0 bridgehead atoms. The van der Waals surface area contributed by atoms with Crippen molar-refractivity contribution in [3.8, 4) is 17.2 Å². The Kier molecular flexibility index (Phi) is 9.91. The lowest BCUT2D eigenvalue weighted by atomic mass is 10.1. The van der Waals surface area contributed by atoms with Gasteiger partial charge in [-0.3, -0.25) is 4.90 Å². The highest BCUT2D eigenvalue weighted by atomic mass is 19.1. The average molecular weight is 629 g/mol. The predicted molar refractivity (Wildman–Crippen MR) is 178 cm³/mol. The number of halogens is 1. The summed E-state index contributed by atoms with van der Waals surface area (Å²) in [4.78, 5) is 28.6. The molecule has 1 amide bonds. The maximum absolute atomic E-state index is 15.3. The van der Waals surface area contributed by atoms with E-state index in [2.05, 4.69) is 39.1 Å². The van der Waals surface area contributed by atoms with E-state index < -0.39 is 6.09 Å². The Morgan fingerprint density at radius 3 is 2.46 bits per heavy atom. The van der Waals surface area contributed by atoms with Crippen LogP contribution >= 0.6 is 0 Å². The first-order chi connectivity index (χ1) is 22.1. The van der Waals surface area contributed by atoms with Gasteiger partial charge in [-0.05, 0) is 88.3 Å². The summed E-state index contributed by atoms with van der Waals surface area (Å²) in [7, 11) is 5.22. The predicted octanol–water partition coefficient (Wildman–Crippen LogP) is 6.65. The van der Waals surface area contributed by atoms with Crippen LogP contribution < -0.4 is 29.3 Å². The Balaban J connectivity index is 1.44. The number of ether oxygens (including phenoxy) is 3. The molecule has 3 aromatic carbocycles. The third-order valence-corrected chi connectivity index (χ3v) is 8.25. The molecular weight excluding hydrogens is 587 g/mol. The van der Waals surface area contributed by atoms with Gasteiger partial charge in [0, 0.05) is 43.1 Å². The van der Waals surface area contributed by atoms with Gasteiger partial charge in [-0.25, -0.2) is 14.2 Å². The molecule has 1 saturated heterocycles. The standard InChI is InChI=1S/C35H41FN6O4/c1-22-16-23(2)33(24(3)17-22)46-35(43)42(21-26-18-28(44-6)9-11-31(26)45-7)32-12-13-37-34(39-32)38-27-8-10-30(29(36)19-27)41-15-14-40(5)25(4)20-41/h8-13,16-19,25H,14-15,20-21H2,1-7H3,(H,37,38,39). The number of aromatic nitrogens is 2. The number of rotatable bonds is 9. The number of hydrogen-bond acceptors (Lipinski definition) is 9. The number of hydrogen-bond donors (Lipinski definition) is 1. The first kappa shape index (κ1) is 32.5. The van der Waals surface area contributed by atoms with Crippen molar-refractivity contribution in [2.24, 2.45) is 0 Å². The fraction of sp³-hybridized carbons (Fsp3) is 0.343. The molecule has 0 spiro atoms. The molecule has 2 heterocycles. The highest BCUT2D eigenvalue weighted by molar-refractivity contribution is 5.88. The molecule has 10 nitrogen and oxygen atoms in total. The second kappa shape index (κ2) is 14.0. The molecule has 1 N–H and O–H groups in total. The Labute approximate surface area is 269 Å². The van der Waals surface area contributed by atoms with E-state index in [0.717, 1.165) is 36.3 Å². The van der Waals surface area contributed by atoms with E-state index in [1.54, 1.807) is 50.6 Å². The summed E-state index contributed by atoms with van der Waals surface area (Å²) in [6.07, 6.45) is 0.897. The highest BCUT2D eigenvalue weighted by Gasteiger charge is 2.25. The highest BCUT2D eigenvalue weighted by Crippen LogP contribution is 2.31. The van der Waals surface area contributed by atoms with Crippen molar-refractivity contribution in [3.05, 3.63) is 88.9 Å². The monoisotopic (exact) mass is 628 g/mol. The number of nitrogens with one attached hydrogen (secondary N) is 1. The molecule has 242 valence electrons. The van der Waals surface area contributed by atoms with Gasteiger partial charge in [0.15, 0.2) is 0 Å². The Hall–Kier alpha value is -4.90. The summed E-state index contributed by atoms with van der Waals surface area (Å²) in [5.74, 6) is 1.79. The van der Waals surface area contributed by atoms with Gasteiger partial charge in [0.1, 0.15) is 28.9 Å². The minimum Gasteiger partial charge on any atom is -0.497 e. The summed E-state index contributed by atoms with van der Waals surface area (Å²) >= 11 is 0. The number of carbonyl (C=O) groups is 1. The summed E-state index contributed by atoms with van der Waals surface area (Å²) in [6, 6.07) is 16.2.